The number of rotatable bonds is 3. The fourth-order valence-corrected chi connectivity index (χ4v) is 2.91. The summed E-state index contributed by atoms with van der Waals surface area (Å²) in [5, 5.41) is 0. The zero-order valence-corrected chi connectivity index (χ0v) is 11.1. The molecule has 0 saturated heterocycles. The largest absolute Gasteiger partial charge is 0.573 e. The molecule has 21 heavy (non-hydrogen) atoms. The van der Waals surface area contributed by atoms with Crippen LogP contribution in [0.5, 0.6) is 5.75 Å². The quantitative estimate of drug-likeness (QED) is 0.938. The normalized spacial score (nSPS) is 12.1. The summed E-state index contributed by atoms with van der Waals surface area (Å²) in [6.45, 7) is 0. The number of nitrogens with two attached hydrogens (primary N) is 1. The lowest BCUT2D eigenvalue weighted by Gasteiger charge is -2.13. The highest BCUT2D eigenvalue weighted by atomic mass is 32.2. The predicted octanol–water partition coefficient (Wildman–Crippen LogP) is 2.20. The third-order valence-electron chi connectivity index (χ3n) is 2.36. The molecule has 2 aromatic rings. The van der Waals surface area contributed by atoms with Crippen molar-refractivity contribution < 1.29 is 26.3 Å². The standard InChI is InChI=1S/C12H8F3N2O3S/c13-12(14,15)20-10-3-1-2-4-11(10)21(18,19)9-5-8(16)6-17-7-9/h1-5,7H,16H2. The van der Waals surface area contributed by atoms with Gasteiger partial charge in [0.15, 0.2) is 0 Å². The van der Waals surface area contributed by atoms with Gasteiger partial charge in [-0.05, 0) is 18.2 Å². The zero-order valence-electron chi connectivity index (χ0n) is 10.3. The van der Waals surface area contributed by atoms with E-state index in [0.717, 1.165) is 24.4 Å². The van der Waals surface area contributed by atoms with E-state index in [1.807, 2.05) is 0 Å². The molecular weight excluding hydrogens is 309 g/mol. The first kappa shape index (κ1) is 15.1. The summed E-state index contributed by atoms with van der Waals surface area (Å²) in [4.78, 5) is 2.51. The molecule has 0 saturated carbocycles. The Labute approximate surface area is 118 Å². The summed E-state index contributed by atoms with van der Waals surface area (Å²) in [7, 11) is -4.25. The van der Waals surface area contributed by atoms with Crippen LogP contribution in [0, 0.1) is 6.20 Å². The topological polar surface area (TPSA) is 82.3 Å². The molecule has 1 aromatic heterocycles. The van der Waals surface area contributed by atoms with E-state index >= 15 is 0 Å². The van der Waals surface area contributed by atoms with E-state index in [4.69, 9.17) is 5.73 Å². The number of benzene rings is 1. The van der Waals surface area contributed by atoms with Gasteiger partial charge < -0.3 is 10.5 Å². The molecule has 0 aliphatic carbocycles. The number of halogens is 3. The Morgan fingerprint density at radius 2 is 1.90 bits per heavy atom. The van der Waals surface area contributed by atoms with Crippen molar-refractivity contribution in [3.05, 3.63) is 42.7 Å². The summed E-state index contributed by atoms with van der Waals surface area (Å²) in [5.41, 5.74) is 5.33. The molecular formula is C12H8F3N2O3S. The highest BCUT2D eigenvalue weighted by Crippen LogP contribution is 2.32. The van der Waals surface area contributed by atoms with Crippen molar-refractivity contribution in [3.63, 3.8) is 0 Å². The number of alkyl halides is 3. The van der Waals surface area contributed by atoms with Crippen molar-refractivity contribution in [2.75, 3.05) is 5.73 Å². The van der Waals surface area contributed by atoms with Gasteiger partial charge in [-0.1, -0.05) is 12.1 Å². The zero-order chi connectivity index (χ0) is 15.7. The first-order valence-electron chi connectivity index (χ1n) is 5.43. The van der Waals surface area contributed by atoms with Gasteiger partial charge in [-0.15, -0.1) is 13.2 Å². The number of pyridine rings is 1. The van der Waals surface area contributed by atoms with E-state index < -0.39 is 26.8 Å². The second-order valence-corrected chi connectivity index (χ2v) is 5.79. The van der Waals surface area contributed by atoms with Crippen LogP contribution in [0.4, 0.5) is 18.9 Å². The number of ether oxygens (including phenoxy) is 1. The summed E-state index contributed by atoms with van der Waals surface area (Å²) in [6.07, 6.45) is -1.77. The first-order chi connectivity index (χ1) is 9.70. The highest BCUT2D eigenvalue weighted by molar-refractivity contribution is 7.91. The summed E-state index contributed by atoms with van der Waals surface area (Å²) >= 11 is 0. The lowest BCUT2D eigenvalue weighted by Crippen LogP contribution is -2.19. The van der Waals surface area contributed by atoms with E-state index in [0.29, 0.717) is 0 Å². The van der Waals surface area contributed by atoms with Gasteiger partial charge in [0.25, 0.3) is 0 Å². The molecule has 0 fully saturated rings. The lowest BCUT2D eigenvalue weighted by atomic mass is 10.3. The van der Waals surface area contributed by atoms with E-state index in [-0.39, 0.29) is 10.6 Å². The Morgan fingerprint density at radius 1 is 1.24 bits per heavy atom. The molecule has 1 aromatic carbocycles. The molecule has 111 valence electrons. The molecule has 1 radical (unpaired) electrons. The van der Waals surface area contributed by atoms with Crippen molar-refractivity contribution >= 4 is 15.5 Å². The third-order valence-corrected chi connectivity index (χ3v) is 4.12. The Kier molecular flexibility index (Phi) is 3.77. The number of hydrogen-bond acceptors (Lipinski definition) is 5. The maximum absolute atomic E-state index is 12.3. The molecule has 0 spiro atoms. The SMILES string of the molecule is Nc1[c]ncc(S(=O)(=O)c2ccccc2OC(F)(F)F)c1. The Morgan fingerprint density at radius 3 is 2.52 bits per heavy atom. The molecule has 0 atom stereocenters. The van der Waals surface area contributed by atoms with Gasteiger partial charge in [0, 0.05) is 6.20 Å². The number of aromatic nitrogens is 1. The first-order valence-corrected chi connectivity index (χ1v) is 6.91. The van der Waals surface area contributed by atoms with Crippen LogP contribution in [0.25, 0.3) is 0 Å². The minimum Gasteiger partial charge on any atom is -0.404 e. The van der Waals surface area contributed by atoms with Gasteiger partial charge >= 0.3 is 6.36 Å². The van der Waals surface area contributed by atoms with Gasteiger partial charge in [0.1, 0.15) is 16.8 Å². The average Bonchev–Trinajstić information content (AvgIpc) is 2.37. The molecule has 0 unspecified atom stereocenters. The van der Waals surface area contributed by atoms with Crippen LogP contribution in [-0.4, -0.2) is 19.8 Å². The number of hydrogen-bond donors (Lipinski definition) is 1. The fourth-order valence-electron chi connectivity index (χ4n) is 1.55. The Hall–Kier alpha value is -2.29. The van der Waals surface area contributed by atoms with Crippen molar-refractivity contribution in [1.29, 1.82) is 0 Å². The van der Waals surface area contributed by atoms with E-state index in [9.17, 15) is 21.6 Å². The van der Waals surface area contributed by atoms with Crippen molar-refractivity contribution in [2.45, 2.75) is 16.2 Å². The van der Waals surface area contributed by atoms with Crippen LogP contribution in [0.15, 0.2) is 46.3 Å². The molecule has 1 heterocycles. The number of nitrogen functional groups attached to an aromatic ring is 1. The highest BCUT2D eigenvalue weighted by Gasteiger charge is 2.34. The van der Waals surface area contributed by atoms with Crippen molar-refractivity contribution in [2.24, 2.45) is 0 Å². The van der Waals surface area contributed by atoms with Crippen molar-refractivity contribution in [1.82, 2.24) is 4.98 Å². The number of sulfone groups is 1. The Bertz CT molecular complexity index is 760. The van der Waals surface area contributed by atoms with Crippen LogP contribution in [0.1, 0.15) is 0 Å². The monoisotopic (exact) mass is 317 g/mol. The van der Waals surface area contributed by atoms with Gasteiger partial charge in [0.2, 0.25) is 9.84 Å². The molecule has 0 aliphatic rings. The van der Waals surface area contributed by atoms with E-state index in [1.54, 1.807) is 0 Å². The smallest absolute Gasteiger partial charge is 0.404 e. The predicted molar refractivity (Wildman–Crippen MR) is 66.1 cm³/mol. The van der Waals surface area contributed by atoms with E-state index in [2.05, 4.69) is 15.9 Å². The molecule has 2 rings (SSSR count). The lowest BCUT2D eigenvalue weighted by molar-refractivity contribution is -0.275. The van der Waals surface area contributed by atoms with Crippen LogP contribution in [0.2, 0.25) is 0 Å². The second kappa shape index (κ2) is 5.24. The van der Waals surface area contributed by atoms with Crippen LogP contribution in [0.3, 0.4) is 0 Å². The molecule has 5 nitrogen and oxygen atoms in total. The summed E-state index contributed by atoms with van der Waals surface area (Å²) in [6, 6.07) is 5.47. The summed E-state index contributed by atoms with van der Waals surface area (Å²) < 4.78 is 65.4. The van der Waals surface area contributed by atoms with Gasteiger partial charge in [-0.2, -0.15) is 0 Å². The fraction of sp³-hybridized carbons (Fsp3) is 0.0833. The second-order valence-electron chi connectivity index (χ2n) is 3.87. The van der Waals surface area contributed by atoms with Gasteiger partial charge in [-0.25, -0.2) is 8.42 Å². The number of nitrogens with zero attached hydrogens (tertiary/aromatic N) is 1. The third kappa shape index (κ3) is 3.43. The minimum atomic E-state index is -5.01. The van der Waals surface area contributed by atoms with Gasteiger partial charge in [0.05, 0.1) is 10.6 Å². The average molecular weight is 317 g/mol. The summed E-state index contributed by atoms with van der Waals surface area (Å²) in [5.74, 6) is -0.823. The van der Waals surface area contributed by atoms with Crippen molar-refractivity contribution in [3.8, 4) is 5.75 Å². The molecule has 0 aliphatic heterocycles. The minimum absolute atomic E-state index is 0.0507. The van der Waals surface area contributed by atoms with Crippen LogP contribution >= 0.6 is 0 Å². The molecule has 2 N–H and O–H groups in total. The van der Waals surface area contributed by atoms with Gasteiger partial charge in [-0.3, -0.25) is 4.98 Å². The van der Waals surface area contributed by atoms with Crippen LogP contribution in [-0.2, 0) is 9.84 Å². The Balaban J connectivity index is 2.56. The molecule has 0 amide bonds. The number of para-hydroxylation sites is 1. The van der Waals surface area contributed by atoms with Crippen LogP contribution < -0.4 is 10.5 Å². The molecule has 9 heteroatoms. The molecule has 0 bridgehead atoms. The maximum atomic E-state index is 12.3. The number of anilines is 1. The van der Waals surface area contributed by atoms with E-state index in [1.165, 1.54) is 12.1 Å². The maximum Gasteiger partial charge on any atom is 0.573 e.